The number of hydrogen-bond donors (Lipinski definition) is 1. The summed E-state index contributed by atoms with van der Waals surface area (Å²) in [7, 11) is 1.63. The Hall–Kier alpha value is -4.17. The van der Waals surface area contributed by atoms with Crippen LogP contribution < -0.4 is 14.8 Å². The molecule has 0 saturated carbocycles. The molecule has 0 radical (unpaired) electrons. The number of nitrogens with zero attached hydrogens (tertiary/aromatic N) is 3. The number of aromatic nitrogens is 3. The maximum atomic E-state index is 12.8. The van der Waals surface area contributed by atoms with Gasteiger partial charge in [0.1, 0.15) is 12.4 Å². The minimum Gasteiger partial charge on any atom is -0.493 e. The lowest BCUT2D eigenvalue weighted by Crippen LogP contribution is -2.25. The highest BCUT2D eigenvalue weighted by atomic mass is 32.1. The Morgan fingerprint density at radius 2 is 1.86 bits per heavy atom. The Bertz CT molecular complexity index is 1540. The number of benzene rings is 3. The van der Waals surface area contributed by atoms with Crippen molar-refractivity contribution in [3.63, 3.8) is 0 Å². The number of rotatable bonds is 6. The number of aryl methyl sites for hydroxylation is 1. The van der Waals surface area contributed by atoms with E-state index in [2.05, 4.69) is 5.32 Å². The number of methoxy groups -OCH3 is 1. The van der Waals surface area contributed by atoms with Crippen LogP contribution in [0.3, 0.4) is 0 Å². The average molecular weight is 497 g/mol. The molecule has 1 N–H and O–H groups in total. The number of anilines is 1. The van der Waals surface area contributed by atoms with Crippen LogP contribution in [-0.4, -0.2) is 27.8 Å². The van der Waals surface area contributed by atoms with E-state index >= 15 is 0 Å². The van der Waals surface area contributed by atoms with Crippen molar-refractivity contribution in [3.8, 4) is 16.6 Å². The first-order chi connectivity index (χ1) is 17.6. The van der Waals surface area contributed by atoms with E-state index in [-0.39, 0.29) is 11.8 Å². The first kappa shape index (κ1) is 22.3. The second-order valence-corrected chi connectivity index (χ2v) is 9.72. The van der Waals surface area contributed by atoms with Crippen molar-refractivity contribution < 1.29 is 14.3 Å². The molecular formula is C28H24N4O3S. The zero-order valence-corrected chi connectivity index (χ0v) is 20.7. The van der Waals surface area contributed by atoms with Gasteiger partial charge < -0.3 is 14.8 Å². The number of hydrogen-bond acceptors (Lipinski definition) is 6. The van der Waals surface area contributed by atoms with Crippen LogP contribution in [0.1, 0.15) is 34.7 Å². The molecule has 6 rings (SSSR count). The van der Waals surface area contributed by atoms with Gasteiger partial charge in [0.05, 0.1) is 23.0 Å². The summed E-state index contributed by atoms with van der Waals surface area (Å²) in [6.07, 6.45) is 0.326. The fraction of sp³-hybridized carbons (Fsp3) is 0.179. The monoisotopic (exact) mass is 496 g/mol. The van der Waals surface area contributed by atoms with Crippen LogP contribution in [0.2, 0.25) is 0 Å². The molecule has 7 nitrogen and oxygen atoms in total. The second kappa shape index (κ2) is 9.13. The van der Waals surface area contributed by atoms with Crippen molar-refractivity contribution in [2.45, 2.75) is 25.9 Å². The van der Waals surface area contributed by atoms with Crippen molar-refractivity contribution in [2.24, 2.45) is 0 Å². The minimum absolute atomic E-state index is 0.0573. The Morgan fingerprint density at radius 1 is 1.06 bits per heavy atom. The highest BCUT2D eigenvalue weighted by molar-refractivity contribution is 7.20. The van der Waals surface area contributed by atoms with E-state index in [1.165, 1.54) is 0 Å². The minimum atomic E-state index is -0.158. The van der Waals surface area contributed by atoms with Crippen molar-refractivity contribution in [3.05, 3.63) is 95.2 Å². The van der Waals surface area contributed by atoms with Gasteiger partial charge in [-0.25, -0.2) is 4.98 Å². The summed E-state index contributed by atoms with van der Waals surface area (Å²) in [5.41, 5.74) is 4.82. The Morgan fingerprint density at radius 3 is 2.67 bits per heavy atom. The molecule has 1 amide bonds. The average Bonchev–Trinajstić information content (AvgIpc) is 3.48. The van der Waals surface area contributed by atoms with Crippen molar-refractivity contribution in [1.29, 1.82) is 0 Å². The predicted molar refractivity (Wildman–Crippen MR) is 140 cm³/mol. The molecule has 8 heteroatoms. The van der Waals surface area contributed by atoms with Crippen LogP contribution in [-0.2, 0) is 11.4 Å². The lowest BCUT2D eigenvalue weighted by molar-refractivity contribution is -0.116. The van der Waals surface area contributed by atoms with Gasteiger partial charge in [-0.2, -0.15) is 9.78 Å². The van der Waals surface area contributed by atoms with Gasteiger partial charge in [0.15, 0.2) is 11.5 Å². The number of thiazole rings is 1. The van der Waals surface area contributed by atoms with Crippen LogP contribution >= 0.6 is 11.3 Å². The molecule has 0 unspecified atom stereocenters. The quantitative estimate of drug-likeness (QED) is 0.319. The maximum Gasteiger partial charge on any atom is 0.226 e. The Balaban J connectivity index is 1.36. The number of amides is 1. The molecule has 180 valence electrons. The van der Waals surface area contributed by atoms with Crippen molar-refractivity contribution in [2.75, 3.05) is 12.4 Å². The molecule has 1 atom stereocenters. The summed E-state index contributed by atoms with van der Waals surface area (Å²) in [5, 5.41) is 8.55. The van der Waals surface area contributed by atoms with E-state index in [9.17, 15) is 4.79 Å². The van der Waals surface area contributed by atoms with Crippen molar-refractivity contribution in [1.82, 2.24) is 14.8 Å². The third kappa shape index (κ3) is 3.99. The number of para-hydroxylation sites is 1. The topological polar surface area (TPSA) is 78.3 Å². The lowest BCUT2D eigenvalue weighted by atomic mass is 9.85. The zero-order chi connectivity index (χ0) is 24.6. The number of carbonyl (C=O) groups is 1. The molecule has 36 heavy (non-hydrogen) atoms. The number of ether oxygens (including phenoxy) is 2. The summed E-state index contributed by atoms with van der Waals surface area (Å²) in [5.74, 6) is 1.75. The van der Waals surface area contributed by atoms with Gasteiger partial charge in [-0.05, 0) is 42.3 Å². The van der Waals surface area contributed by atoms with Crippen LogP contribution in [0.4, 0.5) is 5.82 Å². The van der Waals surface area contributed by atoms with Crippen molar-refractivity contribution >= 4 is 33.3 Å². The molecule has 3 aromatic carbocycles. The van der Waals surface area contributed by atoms with Crippen LogP contribution in [0.25, 0.3) is 15.3 Å². The highest BCUT2D eigenvalue weighted by Crippen LogP contribution is 2.43. The summed E-state index contributed by atoms with van der Waals surface area (Å²) in [6.45, 7) is 2.42. The van der Waals surface area contributed by atoms with Gasteiger partial charge in [0, 0.05) is 17.9 Å². The van der Waals surface area contributed by atoms with E-state index in [4.69, 9.17) is 19.6 Å². The maximum absolute atomic E-state index is 12.8. The van der Waals surface area contributed by atoms with Gasteiger partial charge in [0.25, 0.3) is 0 Å². The standard InChI is InChI=1S/C28H24N4O3S/c1-17-26-20(19-12-13-22(23(14-19)34-2)35-16-18-8-4-3-5-9-18)15-25(33)30-27(26)32(31-17)28-29-21-10-6-7-11-24(21)36-28/h3-14,20H,15-16H2,1-2H3,(H,30,33)/t20-/m0/s1. The van der Waals surface area contributed by atoms with Gasteiger partial charge in [0.2, 0.25) is 11.0 Å². The molecule has 0 saturated heterocycles. The molecule has 0 spiro atoms. The molecule has 0 aliphatic carbocycles. The second-order valence-electron chi connectivity index (χ2n) is 8.71. The molecule has 0 bridgehead atoms. The summed E-state index contributed by atoms with van der Waals surface area (Å²) < 4.78 is 14.5. The summed E-state index contributed by atoms with van der Waals surface area (Å²) in [4.78, 5) is 17.6. The molecule has 1 aliphatic heterocycles. The Labute approximate surface area is 212 Å². The first-order valence-corrected chi connectivity index (χ1v) is 12.5. The van der Waals surface area contributed by atoms with E-state index in [0.29, 0.717) is 30.3 Å². The van der Waals surface area contributed by atoms with Crippen LogP contribution in [0, 0.1) is 6.92 Å². The summed E-state index contributed by atoms with van der Waals surface area (Å²) in [6, 6.07) is 23.9. The fourth-order valence-corrected chi connectivity index (χ4v) is 5.60. The predicted octanol–water partition coefficient (Wildman–Crippen LogP) is 5.85. The SMILES string of the molecule is COc1cc([C@@H]2CC(=O)Nc3c2c(C)nn3-c2nc3ccccc3s2)ccc1OCc1ccccc1. The van der Waals surface area contributed by atoms with Gasteiger partial charge in [-0.1, -0.05) is 59.9 Å². The zero-order valence-electron chi connectivity index (χ0n) is 19.9. The smallest absolute Gasteiger partial charge is 0.226 e. The number of fused-ring (bicyclic) bond motifs is 2. The van der Waals surface area contributed by atoms with Crippen LogP contribution in [0.15, 0.2) is 72.8 Å². The number of carbonyl (C=O) groups excluding carboxylic acids is 1. The van der Waals surface area contributed by atoms with E-state index in [1.807, 2.05) is 79.7 Å². The molecule has 5 aromatic rings. The van der Waals surface area contributed by atoms with Crippen LogP contribution in [0.5, 0.6) is 11.5 Å². The Kier molecular flexibility index (Phi) is 5.65. The molecule has 1 aliphatic rings. The third-order valence-corrected chi connectivity index (χ3v) is 7.41. The fourth-order valence-electron chi connectivity index (χ4n) is 4.68. The van der Waals surface area contributed by atoms with E-state index < -0.39 is 0 Å². The highest BCUT2D eigenvalue weighted by Gasteiger charge is 2.33. The number of nitrogens with one attached hydrogen (secondary N) is 1. The summed E-state index contributed by atoms with van der Waals surface area (Å²) >= 11 is 1.55. The first-order valence-electron chi connectivity index (χ1n) is 11.7. The van der Waals surface area contributed by atoms with Gasteiger partial charge in [-0.15, -0.1) is 0 Å². The normalized spacial score (nSPS) is 14.9. The molecular weight excluding hydrogens is 472 g/mol. The lowest BCUT2D eigenvalue weighted by Gasteiger charge is -2.25. The van der Waals surface area contributed by atoms with E-state index in [1.54, 1.807) is 23.1 Å². The largest absolute Gasteiger partial charge is 0.493 e. The molecule has 3 heterocycles. The third-order valence-electron chi connectivity index (χ3n) is 6.39. The molecule has 2 aromatic heterocycles. The molecule has 0 fully saturated rings. The van der Waals surface area contributed by atoms with Gasteiger partial charge >= 0.3 is 0 Å². The van der Waals surface area contributed by atoms with E-state index in [0.717, 1.165) is 37.7 Å². The van der Waals surface area contributed by atoms with Gasteiger partial charge in [-0.3, -0.25) is 4.79 Å².